The minimum Gasteiger partial charge on any atom is -0.439 e. The third-order valence-corrected chi connectivity index (χ3v) is 4.07. The van der Waals surface area contributed by atoms with Gasteiger partial charge in [0.1, 0.15) is 5.71 Å². The molecule has 1 amide bonds. The van der Waals surface area contributed by atoms with Crippen molar-refractivity contribution in [2.75, 3.05) is 12.4 Å². The Hall–Kier alpha value is -2.44. The Morgan fingerprint density at radius 2 is 2.12 bits per heavy atom. The Balaban J connectivity index is 1.94. The van der Waals surface area contributed by atoms with Crippen LogP contribution in [0.25, 0.3) is 0 Å². The van der Waals surface area contributed by atoms with E-state index in [2.05, 4.69) is 10.3 Å². The summed E-state index contributed by atoms with van der Waals surface area (Å²) in [7, 11) is 1.55. The van der Waals surface area contributed by atoms with E-state index >= 15 is 0 Å². The van der Waals surface area contributed by atoms with Gasteiger partial charge in [-0.2, -0.15) is 0 Å². The second kappa shape index (κ2) is 6.22. The topological polar surface area (TPSA) is 84.3 Å². The van der Waals surface area contributed by atoms with Gasteiger partial charge in [0.15, 0.2) is 0 Å². The fraction of sp³-hybridized carbons (Fsp3) is 0.235. The molecule has 24 heavy (non-hydrogen) atoms. The average Bonchev–Trinajstić information content (AvgIpc) is 2.80. The Labute approximate surface area is 144 Å². The van der Waals surface area contributed by atoms with Gasteiger partial charge in [-0.3, -0.25) is 10.2 Å². The molecule has 1 aliphatic rings. The van der Waals surface area contributed by atoms with Crippen molar-refractivity contribution in [3.05, 3.63) is 53.2 Å². The number of benzene rings is 1. The molecule has 1 unspecified atom stereocenters. The normalized spacial score (nSPS) is 18.9. The third-order valence-electron chi connectivity index (χ3n) is 3.63. The van der Waals surface area contributed by atoms with Crippen LogP contribution in [0.5, 0.6) is 5.88 Å². The van der Waals surface area contributed by atoms with E-state index < -0.39 is 11.0 Å². The molecule has 0 saturated carbocycles. The molecule has 124 valence electrons. The number of carbonyl (C=O) groups is 1. The molecule has 1 aromatic heterocycles. The quantitative estimate of drug-likeness (QED) is 0.834. The van der Waals surface area contributed by atoms with Gasteiger partial charge in [-0.05, 0) is 30.7 Å². The molecule has 0 saturated heterocycles. The summed E-state index contributed by atoms with van der Waals surface area (Å²) >= 11 is 6.37. The van der Waals surface area contributed by atoms with E-state index in [4.69, 9.17) is 26.5 Å². The van der Waals surface area contributed by atoms with Crippen LogP contribution in [0.1, 0.15) is 16.8 Å². The molecule has 7 heteroatoms. The summed E-state index contributed by atoms with van der Waals surface area (Å²) in [5.41, 5.74) is 2.22. The second-order valence-electron chi connectivity index (χ2n) is 5.43. The number of methoxy groups -OCH3 is 1. The van der Waals surface area contributed by atoms with Crippen molar-refractivity contribution in [1.82, 2.24) is 4.98 Å². The number of halogens is 1. The van der Waals surface area contributed by atoms with Crippen LogP contribution in [0.4, 0.5) is 5.69 Å². The SMILES string of the molecule is COCc1cc(C)nc2c1C(=N)C(Cl)(C(=O)Nc1ccccc1)O2. The van der Waals surface area contributed by atoms with E-state index in [0.29, 0.717) is 22.5 Å². The number of pyridine rings is 1. The summed E-state index contributed by atoms with van der Waals surface area (Å²) in [5.74, 6) is -0.468. The van der Waals surface area contributed by atoms with Crippen LogP contribution < -0.4 is 10.1 Å². The zero-order valence-electron chi connectivity index (χ0n) is 13.2. The molecule has 2 heterocycles. The minimum atomic E-state index is -1.96. The van der Waals surface area contributed by atoms with Crippen molar-refractivity contribution in [1.29, 1.82) is 5.41 Å². The molecule has 2 aromatic rings. The summed E-state index contributed by atoms with van der Waals surface area (Å²) in [6, 6.07) is 10.6. The predicted octanol–water partition coefficient (Wildman–Crippen LogP) is 2.87. The van der Waals surface area contributed by atoms with Gasteiger partial charge < -0.3 is 14.8 Å². The van der Waals surface area contributed by atoms with E-state index in [1.54, 1.807) is 44.4 Å². The van der Waals surface area contributed by atoms with Crippen LogP contribution in [0.2, 0.25) is 0 Å². The van der Waals surface area contributed by atoms with E-state index in [1.165, 1.54) is 0 Å². The first kappa shape index (κ1) is 16.4. The highest BCUT2D eigenvalue weighted by Crippen LogP contribution is 2.39. The molecule has 1 atom stereocenters. The lowest BCUT2D eigenvalue weighted by molar-refractivity contribution is -0.121. The minimum absolute atomic E-state index is 0.146. The highest BCUT2D eigenvalue weighted by atomic mass is 35.5. The van der Waals surface area contributed by atoms with E-state index in [1.807, 2.05) is 6.07 Å². The number of ether oxygens (including phenoxy) is 2. The lowest BCUT2D eigenvalue weighted by atomic mass is 10.0. The highest BCUT2D eigenvalue weighted by Gasteiger charge is 2.52. The van der Waals surface area contributed by atoms with Gasteiger partial charge in [0.05, 0.1) is 12.2 Å². The molecule has 1 aromatic carbocycles. The number of rotatable bonds is 4. The molecule has 2 N–H and O–H groups in total. The lowest BCUT2D eigenvalue weighted by Crippen LogP contribution is -2.46. The maximum Gasteiger partial charge on any atom is 0.305 e. The van der Waals surface area contributed by atoms with Crippen LogP contribution in [0, 0.1) is 12.3 Å². The number of nitrogens with zero attached hydrogens (tertiary/aromatic N) is 1. The number of alkyl halides is 1. The Morgan fingerprint density at radius 3 is 2.79 bits per heavy atom. The number of amides is 1. The Bertz CT molecular complexity index is 810. The monoisotopic (exact) mass is 345 g/mol. The first-order chi connectivity index (χ1) is 11.5. The molecule has 0 bridgehead atoms. The summed E-state index contributed by atoms with van der Waals surface area (Å²) in [6.45, 7) is 2.06. The molecule has 6 nitrogen and oxygen atoms in total. The van der Waals surface area contributed by atoms with Gasteiger partial charge in [-0.15, -0.1) is 0 Å². The molecular weight excluding hydrogens is 330 g/mol. The van der Waals surface area contributed by atoms with Crippen molar-refractivity contribution in [3.63, 3.8) is 0 Å². The van der Waals surface area contributed by atoms with Crippen LogP contribution in [0.3, 0.4) is 0 Å². The van der Waals surface area contributed by atoms with Crippen LogP contribution in [-0.4, -0.2) is 28.8 Å². The molecule has 0 spiro atoms. The lowest BCUT2D eigenvalue weighted by Gasteiger charge is -2.20. The number of hydrogen-bond donors (Lipinski definition) is 2. The molecular formula is C17H16ClN3O3. The number of aromatic nitrogens is 1. The van der Waals surface area contributed by atoms with Crippen LogP contribution >= 0.6 is 11.6 Å². The Kier molecular flexibility index (Phi) is 4.26. The number of fused-ring (bicyclic) bond motifs is 1. The van der Waals surface area contributed by atoms with Gasteiger partial charge in [-0.1, -0.05) is 29.8 Å². The molecule has 0 fully saturated rings. The summed E-state index contributed by atoms with van der Waals surface area (Å²) in [5, 5.41) is 9.06. The standard InChI is InChI=1S/C17H16ClN3O3/c1-10-8-11(9-23-2)13-14(19)17(18,24-15(13)20-10)16(22)21-12-6-4-3-5-7-12/h3-8,19H,9H2,1-2H3,(H,21,22). The van der Waals surface area contributed by atoms with Gasteiger partial charge in [-0.25, -0.2) is 4.98 Å². The first-order valence-corrected chi connectivity index (χ1v) is 7.67. The van der Waals surface area contributed by atoms with Crippen LogP contribution in [0.15, 0.2) is 36.4 Å². The van der Waals surface area contributed by atoms with E-state index in [0.717, 1.165) is 0 Å². The Morgan fingerprint density at radius 1 is 1.42 bits per heavy atom. The van der Waals surface area contributed by atoms with Gasteiger partial charge in [0.2, 0.25) is 5.88 Å². The van der Waals surface area contributed by atoms with Crippen molar-refractivity contribution >= 4 is 28.9 Å². The molecule has 1 aliphatic heterocycles. The fourth-order valence-corrected chi connectivity index (χ4v) is 2.77. The third kappa shape index (κ3) is 2.74. The van der Waals surface area contributed by atoms with Crippen LogP contribution in [-0.2, 0) is 16.1 Å². The van der Waals surface area contributed by atoms with Gasteiger partial charge >= 0.3 is 5.06 Å². The van der Waals surface area contributed by atoms with Crippen molar-refractivity contribution in [3.8, 4) is 5.88 Å². The number of hydrogen-bond acceptors (Lipinski definition) is 5. The molecule has 0 radical (unpaired) electrons. The number of anilines is 1. The summed E-state index contributed by atoms with van der Waals surface area (Å²) in [6.07, 6.45) is 0. The smallest absolute Gasteiger partial charge is 0.305 e. The maximum atomic E-state index is 12.6. The zero-order valence-corrected chi connectivity index (χ0v) is 14.0. The number of carbonyl (C=O) groups excluding carboxylic acids is 1. The molecule has 3 rings (SSSR count). The van der Waals surface area contributed by atoms with Crippen molar-refractivity contribution in [2.45, 2.75) is 18.6 Å². The fourth-order valence-electron chi connectivity index (χ4n) is 2.56. The first-order valence-electron chi connectivity index (χ1n) is 7.29. The number of nitrogens with one attached hydrogen (secondary N) is 2. The number of para-hydroxylation sites is 1. The van der Waals surface area contributed by atoms with Crippen molar-refractivity contribution in [2.24, 2.45) is 0 Å². The van der Waals surface area contributed by atoms with E-state index in [-0.39, 0.29) is 18.2 Å². The van der Waals surface area contributed by atoms with Gasteiger partial charge in [0, 0.05) is 18.5 Å². The van der Waals surface area contributed by atoms with Crippen molar-refractivity contribution < 1.29 is 14.3 Å². The highest BCUT2D eigenvalue weighted by molar-refractivity contribution is 6.50. The second-order valence-corrected chi connectivity index (χ2v) is 5.96. The number of aryl methyl sites for hydroxylation is 1. The molecule has 0 aliphatic carbocycles. The summed E-state index contributed by atoms with van der Waals surface area (Å²) < 4.78 is 10.7. The largest absolute Gasteiger partial charge is 0.439 e. The maximum absolute atomic E-state index is 12.6. The van der Waals surface area contributed by atoms with Gasteiger partial charge in [0.25, 0.3) is 5.91 Å². The average molecular weight is 346 g/mol. The predicted molar refractivity (Wildman–Crippen MR) is 90.8 cm³/mol. The zero-order chi connectivity index (χ0) is 17.3. The summed E-state index contributed by atoms with van der Waals surface area (Å²) in [4.78, 5) is 16.9. The van der Waals surface area contributed by atoms with E-state index in [9.17, 15) is 4.79 Å².